The molecule has 124 valence electrons. The molecule has 0 spiro atoms. The van der Waals surface area contributed by atoms with Crippen molar-refractivity contribution < 1.29 is 9.53 Å². The number of hydrogen-bond acceptors (Lipinski definition) is 5. The highest BCUT2D eigenvalue weighted by Crippen LogP contribution is 2.28. The number of thioether (sulfide) groups is 1. The molecule has 1 aromatic heterocycles. The summed E-state index contributed by atoms with van der Waals surface area (Å²) < 4.78 is 5.17. The first kappa shape index (κ1) is 16.3. The molecule has 2 heterocycles. The molecule has 1 aliphatic heterocycles. The number of amidine groups is 1. The molecule has 1 unspecified atom stereocenters. The minimum atomic E-state index is -0.264. The Morgan fingerprint density at radius 1 is 1.33 bits per heavy atom. The Labute approximate surface area is 144 Å². The van der Waals surface area contributed by atoms with Crippen LogP contribution in [0.5, 0.6) is 5.75 Å². The van der Waals surface area contributed by atoms with Crippen molar-refractivity contribution in [3.05, 3.63) is 59.9 Å². The Morgan fingerprint density at radius 3 is 2.96 bits per heavy atom. The van der Waals surface area contributed by atoms with Crippen molar-refractivity contribution >= 4 is 23.0 Å². The van der Waals surface area contributed by atoms with E-state index in [9.17, 15) is 4.79 Å². The zero-order valence-electron chi connectivity index (χ0n) is 13.2. The molecule has 7 heteroatoms. The van der Waals surface area contributed by atoms with E-state index >= 15 is 0 Å². The molecule has 1 atom stereocenters. The van der Waals surface area contributed by atoms with E-state index in [2.05, 4.69) is 20.6 Å². The highest BCUT2D eigenvalue weighted by Gasteiger charge is 2.21. The lowest BCUT2D eigenvalue weighted by molar-refractivity contribution is 0.245. The summed E-state index contributed by atoms with van der Waals surface area (Å²) in [6.45, 7) is 0.425. The Hall–Kier alpha value is -2.54. The number of carbonyl (C=O) groups is 1. The second-order valence-electron chi connectivity index (χ2n) is 5.20. The van der Waals surface area contributed by atoms with Gasteiger partial charge in [0.05, 0.1) is 13.2 Å². The van der Waals surface area contributed by atoms with Gasteiger partial charge in [0.1, 0.15) is 5.75 Å². The lowest BCUT2D eigenvalue weighted by Crippen LogP contribution is -2.37. The third kappa shape index (κ3) is 4.26. The van der Waals surface area contributed by atoms with Gasteiger partial charge in [0.25, 0.3) is 0 Å². The molecule has 2 amide bonds. The number of urea groups is 1. The van der Waals surface area contributed by atoms with Crippen molar-refractivity contribution in [2.24, 2.45) is 4.99 Å². The molecule has 3 rings (SSSR count). The second kappa shape index (κ2) is 7.83. The average molecular weight is 342 g/mol. The van der Waals surface area contributed by atoms with Gasteiger partial charge < -0.3 is 10.1 Å². The molecule has 0 saturated heterocycles. The maximum absolute atomic E-state index is 12.0. The number of nitrogens with one attached hydrogen (secondary N) is 2. The summed E-state index contributed by atoms with van der Waals surface area (Å²) in [6, 6.07) is 11.3. The number of hydrogen-bond donors (Lipinski definition) is 2. The van der Waals surface area contributed by atoms with Crippen molar-refractivity contribution in [2.75, 3.05) is 12.9 Å². The van der Waals surface area contributed by atoms with Gasteiger partial charge in [-0.2, -0.15) is 0 Å². The first-order valence-electron chi connectivity index (χ1n) is 7.53. The van der Waals surface area contributed by atoms with Crippen LogP contribution in [-0.2, 0) is 6.54 Å². The molecule has 0 fully saturated rings. The van der Waals surface area contributed by atoms with Crippen LogP contribution in [-0.4, -0.2) is 29.0 Å². The van der Waals surface area contributed by atoms with Gasteiger partial charge in [-0.25, -0.2) is 4.79 Å². The van der Waals surface area contributed by atoms with E-state index < -0.39 is 0 Å². The minimum absolute atomic E-state index is 0.0617. The number of aliphatic imine (C=N–C) groups is 1. The topological polar surface area (TPSA) is 75.6 Å². The minimum Gasteiger partial charge on any atom is -0.497 e. The van der Waals surface area contributed by atoms with Crippen LogP contribution >= 0.6 is 11.8 Å². The first-order valence-corrected chi connectivity index (χ1v) is 8.51. The number of aromatic nitrogens is 1. The van der Waals surface area contributed by atoms with E-state index in [0.29, 0.717) is 11.7 Å². The Morgan fingerprint density at radius 2 is 2.17 bits per heavy atom. The maximum atomic E-state index is 12.0. The number of pyridine rings is 1. The summed E-state index contributed by atoms with van der Waals surface area (Å²) in [4.78, 5) is 20.6. The van der Waals surface area contributed by atoms with Crippen LogP contribution in [0.15, 0.2) is 53.8 Å². The number of carbonyl (C=O) groups excluding carboxylic acids is 1. The van der Waals surface area contributed by atoms with Crippen molar-refractivity contribution in [1.82, 2.24) is 15.6 Å². The molecule has 2 aromatic rings. The first-order chi connectivity index (χ1) is 11.7. The molecule has 1 aromatic carbocycles. The van der Waals surface area contributed by atoms with Crippen molar-refractivity contribution in [3.63, 3.8) is 0 Å². The summed E-state index contributed by atoms with van der Waals surface area (Å²) in [5, 5.41) is 6.25. The van der Waals surface area contributed by atoms with Crippen molar-refractivity contribution in [1.29, 1.82) is 0 Å². The van der Waals surface area contributed by atoms with Gasteiger partial charge in [0, 0.05) is 24.7 Å². The molecular formula is C17H18N4O2S. The lowest BCUT2D eigenvalue weighted by Gasteiger charge is -2.08. The largest absolute Gasteiger partial charge is 0.497 e. The molecular weight excluding hydrogens is 324 g/mol. The zero-order valence-corrected chi connectivity index (χ0v) is 14.0. The van der Waals surface area contributed by atoms with Crippen LogP contribution in [0.4, 0.5) is 4.79 Å². The number of methoxy groups -OCH3 is 1. The Bertz CT molecular complexity index is 736. The third-order valence-corrected chi connectivity index (χ3v) is 4.51. The molecule has 6 nitrogen and oxygen atoms in total. The number of benzene rings is 1. The molecule has 0 bridgehead atoms. The van der Waals surface area contributed by atoms with Crippen LogP contribution in [0.1, 0.15) is 17.2 Å². The predicted octanol–water partition coefficient (Wildman–Crippen LogP) is 2.73. The summed E-state index contributed by atoms with van der Waals surface area (Å²) in [5.74, 6) is 1.58. The third-order valence-electron chi connectivity index (χ3n) is 3.55. The van der Waals surface area contributed by atoms with Gasteiger partial charge in [-0.05, 0) is 35.4 Å². The number of nitrogens with zero attached hydrogens (tertiary/aromatic N) is 2. The van der Waals surface area contributed by atoms with Crippen LogP contribution < -0.4 is 15.4 Å². The number of ether oxygens (including phenoxy) is 1. The fourth-order valence-corrected chi connectivity index (χ4v) is 3.25. The summed E-state index contributed by atoms with van der Waals surface area (Å²) in [7, 11) is 1.62. The Balaban J connectivity index is 1.52. The summed E-state index contributed by atoms with van der Waals surface area (Å²) in [6.07, 6.45) is 3.50. The van der Waals surface area contributed by atoms with E-state index in [4.69, 9.17) is 4.74 Å². The van der Waals surface area contributed by atoms with Gasteiger partial charge in [0.2, 0.25) is 0 Å². The Kier molecular flexibility index (Phi) is 5.32. The number of rotatable bonds is 4. The van der Waals surface area contributed by atoms with E-state index in [1.54, 1.807) is 19.5 Å². The summed E-state index contributed by atoms with van der Waals surface area (Å²) >= 11 is 1.54. The molecule has 2 N–H and O–H groups in total. The van der Waals surface area contributed by atoms with Gasteiger partial charge in [-0.15, -0.1) is 0 Å². The zero-order chi connectivity index (χ0) is 16.8. The van der Waals surface area contributed by atoms with Gasteiger partial charge >= 0.3 is 6.03 Å². The lowest BCUT2D eigenvalue weighted by atomic mass is 10.1. The molecule has 0 radical (unpaired) electrons. The van der Waals surface area contributed by atoms with Crippen molar-refractivity contribution in [2.45, 2.75) is 12.6 Å². The van der Waals surface area contributed by atoms with E-state index in [1.165, 1.54) is 11.8 Å². The summed E-state index contributed by atoms with van der Waals surface area (Å²) in [5.41, 5.74) is 2.08. The van der Waals surface area contributed by atoms with Gasteiger partial charge in [0.15, 0.2) is 5.17 Å². The van der Waals surface area contributed by atoms with Gasteiger partial charge in [-0.1, -0.05) is 23.9 Å². The second-order valence-corrected chi connectivity index (χ2v) is 6.21. The molecule has 0 aliphatic carbocycles. The molecule has 24 heavy (non-hydrogen) atoms. The average Bonchev–Trinajstić information content (AvgIpc) is 3.09. The highest BCUT2D eigenvalue weighted by atomic mass is 32.2. The van der Waals surface area contributed by atoms with Crippen LogP contribution in [0.3, 0.4) is 0 Å². The maximum Gasteiger partial charge on any atom is 0.321 e. The normalized spacial score (nSPS) is 16.4. The van der Waals surface area contributed by atoms with Crippen molar-refractivity contribution in [3.8, 4) is 5.75 Å². The van der Waals surface area contributed by atoms with E-state index in [-0.39, 0.29) is 12.1 Å². The fraction of sp³-hybridized carbons (Fsp3) is 0.235. The van der Waals surface area contributed by atoms with Crippen LogP contribution in [0.2, 0.25) is 0 Å². The molecule has 1 aliphatic rings. The molecule has 0 saturated carbocycles. The monoisotopic (exact) mass is 342 g/mol. The predicted molar refractivity (Wildman–Crippen MR) is 95.2 cm³/mol. The van der Waals surface area contributed by atoms with Crippen LogP contribution in [0.25, 0.3) is 0 Å². The SMILES string of the molecule is COc1cccc(CNC(=O)NC2=NC(c3ccncc3)CS2)c1. The van der Waals surface area contributed by atoms with E-state index in [1.807, 2.05) is 36.4 Å². The van der Waals surface area contributed by atoms with E-state index in [0.717, 1.165) is 22.6 Å². The fourth-order valence-electron chi connectivity index (χ4n) is 2.30. The quantitative estimate of drug-likeness (QED) is 0.896. The standard InChI is InChI=1S/C17H18N4O2S/c1-23-14-4-2-3-12(9-14)10-19-16(22)21-17-20-15(11-24-17)13-5-7-18-8-6-13/h2-9,15H,10-11H2,1H3,(H2,19,20,21,22). The van der Waals surface area contributed by atoms with Crippen LogP contribution in [0, 0.1) is 0 Å². The smallest absolute Gasteiger partial charge is 0.321 e. The van der Waals surface area contributed by atoms with Gasteiger partial charge in [-0.3, -0.25) is 15.3 Å². The highest BCUT2D eigenvalue weighted by molar-refractivity contribution is 8.14. The number of amides is 2.